The van der Waals surface area contributed by atoms with Gasteiger partial charge in [0.15, 0.2) is 18.9 Å². The number of hydrogen-bond acceptors (Lipinski definition) is 26. The molecule has 3 rings (SSSR count). The molecule has 3 saturated heterocycles. The van der Waals surface area contributed by atoms with E-state index in [9.17, 15) is 82.6 Å². The number of hydrogen-bond donors (Lipinski definition) is 17. The fourth-order valence-corrected chi connectivity index (χ4v) is 9.18. The number of carbonyl (C=O) groups is 7. The molecule has 0 bridgehead atoms. The van der Waals surface area contributed by atoms with Crippen molar-refractivity contribution in [2.75, 3.05) is 98.9 Å². The van der Waals surface area contributed by atoms with Crippen molar-refractivity contribution in [3.05, 3.63) is 0 Å². The Kier molecular flexibility index (Phi) is 34.2. The number of amides is 7. The van der Waals surface area contributed by atoms with E-state index >= 15 is 0 Å². The Labute approximate surface area is 476 Å². The summed E-state index contributed by atoms with van der Waals surface area (Å²) in [6, 6.07) is -5.87. The van der Waals surface area contributed by atoms with Crippen molar-refractivity contribution in [1.29, 1.82) is 0 Å². The lowest BCUT2D eigenvalue weighted by molar-refractivity contribution is -0.272. The molecule has 0 aromatic heterocycles. The zero-order valence-electron chi connectivity index (χ0n) is 45.1. The number of aliphatic hydroxyl groups is 9. The van der Waals surface area contributed by atoms with Gasteiger partial charge in [-0.25, -0.2) is 3.53 Å². The molecule has 17 atom stereocenters. The van der Waals surface area contributed by atoms with E-state index in [1.54, 1.807) is 0 Å². The summed E-state index contributed by atoms with van der Waals surface area (Å²) in [6.45, 7) is 0.819. The highest BCUT2D eigenvalue weighted by Gasteiger charge is 2.48. The lowest BCUT2D eigenvalue weighted by Crippen LogP contribution is -2.64. The van der Waals surface area contributed by atoms with Gasteiger partial charge in [0.2, 0.25) is 62.8 Å². The third-order valence-corrected chi connectivity index (χ3v) is 13.4. The maximum atomic E-state index is 13.5. The second-order valence-electron chi connectivity index (χ2n) is 18.6. The Morgan fingerprint density at radius 2 is 0.790 bits per heavy atom. The van der Waals surface area contributed by atoms with Gasteiger partial charge >= 0.3 is 0 Å². The fourth-order valence-electron chi connectivity index (χ4n) is 8.28. The van der Waals surface area contributed by atoms with Gasteiger partial charge in [-0.3, -0.25) is 36.6 Å². The normalized spacial score (nSPS) is 29.1. The van der Waals surface area contributed by atoms with Gasteiger partial charge in [-0.15, -0.1) is 0 Å². The van der Waals surface area contributed by atoms with Crippen LogP contribution in [0.3, 0.4) is 0 Å². The van der Waals surface area contributed by atoms with Crippen molar-refractivity contribution in [2.45, 2.75) is 150 Å². The minimum absolute atomic E-state index is 0.00170. The van der Waals surface area contributed by atoms with Gasteiger partial charge in [0.1, 0.15) is 79.1 Å². The van der Waals surface area contributed by atoms with E-state index in [2.05, 4.69) is 40.7 Å². The minimum Gasteiger partial charge on any atom is -0.394 e. The zero-order chi connectivity index (χ0) is 60.0. The van der Waals surface area contributed by atoms with Gasteiger partial charge in [-0.1, -0.05) is 0 Å². The lowest BCUT2D eigenvalue weighted by Gasteiger charge is -2.42. The molecule has 3 aliphatic rings. The highest BCUT2D eigenvalue weighted by Crippen LogP contribution is 2.25. The van der Waals surface area contributed by atoms with Crippen LogP contribution in [0.15, 0.2) is 0 Å². The largest absolute Gasteiger partial charge is 0.394 e. The van der Waals surface area contributed by atoms with Gasteiger partial charge in [0, 0.05) is 53.2 Å². The van der Waals surface area contributed by atoms with E-state index in [4.69, 9.17) is 42.6 Å². The summed E-state index contributed by atoms with van der Waals surface area (Å²) < 4.78 is 64.0. The topological polar surface area (TPSA) is 498 Å². The summed E-state index contributed by atoms with van der Waals surface area (Å²) in [7, 11) is 0. The van der Waals surface area contributed by atoms with Crippen molar-refractivity contribution in [3.63, 3.8) is 0 Å². The standard InChI is InChI=1S/C46H81IN8O26/c1-23(59)51-33-39(67)36(64)28(20-56)79-44(33)76-17-14-73-11-8-48-31(62)6-4-26(42(70)49-9-12-74-15-18-77-45-34(52-24(2)60)40(68)37(65)29(21-57)80-45)54-32(63)7-5-27(55-47-72)43(71)50-10-13-75-16-19-78-46-35(53-25(3)61)41(69)38(66)30(22-58)81-46/h26-30,33-41,44-46,56-58,64-69H,4-22H2,1-3H3,(H,48,62)(H,49,70)(H,50,71)(H,51,59)(H,52,60)(H,53,61)(H,54,63)(H,55,72). The summed E-state index contributed by atoms with van der Waals surface area (Å²) in [4.78, 5) is 87.7. The van der Waals surface area contributed by atoms with Gasteiger partial charge in [-0.05, 0) is 12.8 Å². The highest BCUT2D eigenvalue weighted by atomic mass is 127. The Morgan fingerprint density at radius 1 is 0.457 bits per heavy atom. The third kappa shape index (κ3) is 25.0. The molecule has 468 valence electrons. The van der Waals surface area contributed by atoms with E-state index in [1.165, 1.54) is 20.8 Å². The van der Waals surface area contributed by atoms with Crippen molar-refractivity contribution in [2.24, 2.45) is 0 Å². The predicted octanol–water partition coefficient (Wildman–Crippen LogP) is -9.50. The zero-order valence-corrected chi connectivity index (χ0v) is 47.3. The molecule has 7 amide bonds. The monoisotopic (exact) mass is 1290 g/mol. The molecule has 0 aromatic carbocycles. The predicted molar refractivity (Wildman–Crippen MR) is 277 cm³/mol. The van der Waals surface area contributed by atoms with Crippen LogP contribution < -0.4 is 40.7 Å². The highest BCUT2D eigenvalue weighted by molar-refractivity contribution is 14.1. The van der Waals surface area contributed by atoms with Crippen LogP contribution >= 0.6 is 21.5 Å². The number of halogens is 1. The summed E-state index contributed by atoms with van der Waals surface area (Å²) in [5.74, 6) is -4.18. The number of carbonyl (C=O) groups excluding carboxylic acids is 7. The Bertz CT molecular complexity index is 1940. The summed E-state index contributed by atoms with van der Waals surface area (Å²) in [6.07, 6.45) is -17.3. The molecule has 17 unspecified atom stereocenters. The van der Waals surface area contributed by atoms with Crippen LogP contribution in [0.5, 0.6) is 0 Å². The molecular weight excluding hydrogens is 1210 g/mol. The van der Waals surface area contributed by atoms with Crippen LogP contribution in [0.4, 0.5) is 0 Å². The molecule has 0 aromatic rings. The van der Waals surface area contributed by atoms with E-state index in [0.29, 0.717) is 0 Å². The van der Waals surface area contributed by atoms with Crippen LogP contribution in [-0.2, 0) is 79.3 Å². The second-order valence-corrected chi connectivity index (χ2v) is 19.7. The molecule has 3 fully saturated rings. The Hall–Kier alpha value is -3.94. The number of rotatable bonds is 38. The van der Waals surface area contributed by atoms with Crippen LogP contribution in [0.25, 0.3) is 0 Å². The number of ether oxygens (including phenoxy) is 9. The Balaban J connectivity index is 1.49. The van der Waals surface area contributed by atoms with Crippen molar-refractivity contribution in [3.8, 4) is 0 Å². The summed E-state index contributed by atoms with van der Waals surface area (Å²) in [5.41, 5.74) is 0. The molecule has 0 aliphatic carbocycles. The first kappa shape index (κ1) is 71.3. The fraction of sp³-hybridized carbons (Fsp3) is 0.848. The first-order chi connectivity index (χ1) is 38.7. The number of nitrogens with one attached hydrogen (secondary N) is 8. The molecule has 34 nitrogen and oxygen atoms in total. The minimum atomic E-state index is -1.91. The van der Waals surface area contributed by atoms with Crippen LogP contribution in [0, 0.1) is 0 Å². The molecule has 0 spiro atoms. The Morgan fingerprint density at radius 3 is 1.14 bits per heavy atom. The molecule has 0 saturated carbocycles. The quantitative estimate of drug-likeness (QED) is 0.0155. The van der Waals surface area contributed by atoms with Crippen LogP contribution in [0.1, 0.15) is 46.5 Å². The van der Waals surface area contributed by atoms with E-state index < -0.39 is 187 Å². The maximum Gasteiger partial charge on any atom is 0.242 e. The molecule has 0 radical (unpaired) electrons. The average Bonchev–Trinajstić information content (AvgIpc) is 3.49. The summed E-state index contributed by atoms with van der Waals surface area (Å²) >= 11 is -1.91. The maximum absolute atomic E-state index is 13.5. The van der Waals surface area contributed by atoms with E-state index in [0.717, 1.165) is 0 Å². The number of aliphatic hydroxyl groups excluding tert-OH is 9. The first-order valence-corrected chi connectivity index (χ1v) is 28.0. The van der Waals surface area contributed by atoms with Crippen LogP contribution in [0.2, 0.25) is 0 Å². The molecule has 3 aliphatic heterocycles. The molecule has 3 heterocycles. The van der Waals surface area contributed by atoms with Crippen molar-refractivity contribution in [1.82, 2.24) is 40.7 Å². The van der Waals surface area contributed by atoms with Gasteiger partial charge < -0.3 is 126 Å². The third-order valence-electron chi connectivity index (χ3n) is 12.4. The van der Waals surface area contributed by atoms with Crippen molar-refractivity contribution >= 4 is 62.8 Å². The molecule has 81 heavy (non-hydrogen) atoms. The van der Waals surface area contributed by atoms with Crippen molar-refractivity contribution < 1.29 is 125 Å². The summed E-state index contributed by atoms with van der Waals surface area (Å²) in [5, 5.41) is 108. The van der Waals surface area contributed by atoms with E-state index in [-0.39, 0.29) is 105 Å². The van der Waals surface area contributed by atoms with Gasteiger partial charge in [0.05, 0.1) is 85.3 Å². The second kappa shape index (κ2) is 38.8. The van der Waals surface area contributed by atoms with Gasteiger partial charge in [-0.2, -0.15) is 0 Å². The SMILES string of the molecule is CC(=O)NC1C(OCCOCCNC(=O)CCC(NC(=O)CCC(NI=O)C(=O)NCCOCCOC2OC(CO)C(O)C(O)C2NC(C)=O)C(=O)NCCOCCOC2OC(CO)C(O)C(O)C2NC(C)=O)OC(CO)C(O)C1O. The van der Waals surface area contributed by atoms with Crippen LogP contribution in [-0.4, -0.2) is 290 Å². The lowest BCUT2D eigenvalue weighted by atomic mass is 9.97. The molecular formula is C46H81IN8O26. The first-order valence-electron chi connectivity index (χ1n) is 26.1. The average molecular weight is 1290 g/mol. The van der Waals surface area contributed by atoms with E-state index in [1.807, 2.05) is 0 Å². The molecule has 35 heteroatoms. The molecule has 17 N–H and O–H groups in total. The van der Waals surface area contributed by atoms with Gasteiger partial charge in [0.25, 0.3) is 0 Å². The smallest absolute Gasteiger partial charge is 0.242 e.